The molecule has 0 fully saturated rings. The quantitative estimate of drug-likeness (QED) is 0.492. The van der Waals surface area contributed by atoms with Crippen molar-refractivity contribution in [1.29, 1.82) is 0 Å². The van der Waals surface area contributed by atoms with Gasteiger partial charge in [0.15, 0.2) is 17.7 Å². The average Bonchev–Trinajstić information content (AvgIpc) is 3.25. The molecular formula is C22H21N5O4. The van der Waals surface area contributed by atoms with Gasteiger partial charge in [-0.3, -0.25) is 9.78 Å². The van der Waals surface area contributed by atoms with E-state index in [1.807, 2.05) is 30.3 Å². The number of nitrogens with one attached hydrogen (secondary N) is 1. The Hall–Kier alpha value is -4.14. The molecule has 0 spiro atoms. The van der Waals surface area contributed by atoms with E-state index in [0.717, 1.165) is 16.6 Å². The molecule has 2 heterocycles. The van der Waals surface area contributed by atoms with Crippen molar-refractivity contribution in [3.8, 4) is 17.2 Å². The molecule has 9 heteroatoms. The number of benzene rings is 2. The van der Waals surface area contributed by atoms with Crippen LogP contribution in [0.5, 0.6) is 17.2 Å². The topological polar surface area (TPSA) is 100 Å². The highest BCUT2D eigenvalue weighted by molar-refractivity contribution is 5.96. The summed E-state index contributed by atoms with van der Waals surface area (Å²) in [6.07, 6.45) is 2.71. The van der Waals surface area contributed by atoms with E-state index in [0.29, 0.717) is 22.8 Å². The highest BCUT2D eigenvalue weighted by Gasteiger charge is 2.23. The molecular weight excluding hydrogens is 398 g/mol. The largest absolute Gasteiger partial charge is 0.493 e. The molecule has 0 saturated carbocycles. The van der Waals surface area contributed by atoms with Gasteiger partial charge in [0, 0.05) is 23.5 Å². The lowest BCUT2D eigenvalue weighted by Crippen LogP contribution is -2.34. The van der Waals surface area contributed by atoms with Crippen molar-refractivity contribution in [1.82, 2.24) is 25.3 Å². The molecule has 2 aromatic heterocycles. The number of nitrogens with zero attached hydrogens (tertiary/aromatic N) is 4. The van der Waals surface area contributed by atoms with Crippen LogP contribution in [-0.4, -0.2) is 47.2 Å². The number of ether oxygens (including phenoxy) is 3. The number of pyridine rings is 1. The van der Waals surface area contributed by atoms with Crippen molar-refractivity contribution in [2.45, 2.75) is 6.17 Å². The molecule has 0 bridgehead atoms. The fourth-order valence-electron chi connectivity index (χ4n) is 3.32. The van der Waals surface area contributed by atoms with Gasteiger partial charge in [0.05, 0.1) is 26.8 Å². The van der Waals surface area contributed by atoms with E-state index in [-0.39, 0.29) is 5.91 Å². The molecule has 0 saturated heterocycles. The van der Waals surface area contributed by atoms with Gasteiger partial charge in [-0.05, 0) is 30.3 Å². The molecule has 1 unspecified atom stereocenters. The first kappa shape index (κ1) is 20.1. The summed E-state index contributed by atoms with van der Waals surface area (Å²) >= 11 is 0. The summed E-state index contributed by atoms with van der Waals surface area (Å²) in [5, 5.41) is 11.5. The van der Waals surface area contributed by atoms with Crippen LogP contribution in [0.4, 0.5) is 0 Å². The van der Waals surface area contributed by atoms with Crippen LogP contribution in [0.3, 0.4) is 0 Å². The Labute approximate surface area is 178 Å². The van der Waals surface area contributed by atoms with Crippen LogP contribution in [0.15, 0.2) is 60.9 Å². The maximum absolute atomic E-state index is 13.3. The van der Waals surface area contributed by atoms with Crippen molar-refractivity contribution in [3.63, 3.8) is 0 Å². The third-order valence-electron chi connectivity index (χ3n) is 4.82. The second-order valence-corrected chi connectivity index (χ2v) is 6.60. The molecule has 9 nitrogen and oxygen atoms in total. The molecule has 31 heavy (non-hydrogen) atoms. The Balaban J connectivity index is 1.75. The molecule has 1 N–H and O–H groups in total. The lowest BCUT2D eigenvalue weighted by Gasteiger charge is -2.20. The summed E-state index contributed by atoms with van der Waals surface area (Å²) in [6, 6.07) is 14.4. The van der Waals surface area contributed by atoms with Crippen LogP contribution in [0.1, 0.15) is 22.1 Å². The van der Waals surface area contributed by atoms with Crippen LogP contribution in [0.25, 0.3) is 11.0 Å². The van der Waals surface area contributed by atoms with Crippen LogP contribution in [-0.2, 0) is 0 Å². The zero-order valence-corrected chi connectivity index (χ0v) is 17.3. The highest BCUT2D eigenvalue weighted by atomic mass is 16.5. The fourth-order valence-corrected chi connectivity index (χ4v) is 3.32. The Morgan fingerprint density at radius 1 is 1.00 bits per heavy atom. The summed E-state index contributed by atoms with van der Waals surface area (Å²) in [5.74, 6) is 0.826. The van der Waals surface area contributed by atoms with Crippen molar-refractivity contribution >= 4 is 16.9 Å². The predicted molar refractivity (Wildman–Crippen MR) is 113 cm³/mol. The molecule has 1 atom stereocenters. The third-order valence-corrected chi connectivity index (χ3v) is 4.82. The Kier molecular flexibility index (Phi) is 5.65. The number of aromatic nitrogens is 4. The number of para-hydroxylation sites is 1. The van der Waals surface area contributed by atoms with E-state index in [4.69, 9.17) is 14.2 Å². The normalized spacial score (nSPS) is 11.7. The number of amides is 1. The zero-order chi connectivity index (χ0) is 21.8. The monoisotopic (exact) mass is 419 g/mol. The summed E-state index contributed by atoms with van der Waals surface area (Å²) < 4.78 is 17.7. The maximum atomic E-state index is 13.3. The minimum absolute atomic E-state index is 0.341. The number of methoxy groups -OCH3 is 3. The standard InChI is InChI=1S/C22H21N5O4/c1-29-18-11-15(12-19(30-2)20(18)31-3)22(28)24-21(14-7-6-10-23-13-14)27-17-9-5-4-8-16(17)25-26-27/h4-13,21H,1-3H3,(H,24,28). The van der Waals surface area contributed by atoms with E-state index >= 15 is 0 Å². The van der Waals surface area contributed by atoms with Crippen LogP contribution in [0, 0.1) is 0 Å². The molecule has 0 radical (unpaired) electrons. The number of hydrogen-bond acceptors (Lipinski definition) is 7. The Bertz CT molecular complexity index is 1180. The Morgan fingerprint density at radius 3 is 2.39 bits per heavy atom. The van der Waals surface area contributed by atoms with Gasteiger partial charge in [-0.25, -0.2) is 4.68 Å². The average molecular weight is 419 g/mol. The number of hydrogen-bond donors (Lipinski definition) is 1. The first-order valence-corrected chi connectivity index (χ1v) is 9.47. The van der Waals surface area contributed by atoms with E-state index < -0.39 is 6.17 Å². The molecule has 0 aliphatic heterocycles. The van der Waals surface area contributed by atoms with Crippen molar-refractivity contribution in [3.05, 3.63) is 72.1 Å². The molecule has 158 valence electrons. The minimum Gasteiger partial charge on any atom is -0.493 e. The van der Waals surface area contributed by atoms with Crippen molar-refractivity contribution in [2.75, 3.05) is 21.3 Å². The smallest absolute Gasteiger partial charge is 0.253 e. The van der Waals surface area contributed by atoms with E-state index in [1.54, 1.807) is 35.3 Å². The van der Waals surface area contributed by atoms with Gasteiger partial charge in [0.1, 0.15) is 5.52 Å². The first-order chi connectivity index (χ1) is 15.2. The van der Waals surface area contributed by atoms with E-state index in [9.17, 15) is 4.79 Å². The molecule has 0 aliphatic carbocycles. The zero-order valence-electron chi connectivity index (χ0n) is 17.3. The SMILES string of the molecule is COc1cc(C(=O)NC(c2cccnc2)n2nnc3ccccc32)cc(OC)c1OC. The number of carbonyl (C=O) groups is 1. The number of fused-ring (bicyclic) bond motifs is 1. The number of carbonyl (C=O) groups excluding carboxylic acids is 1. The molecule has 4 aromatic rings. The van der Waals surface area contributed by atoms with Gasteiger partial charge >= 0.3 is 0 Å². The van der Waals surface area contributed by atoms with Gasteiger partial charge in [-0.2, -0.15) is 0 Å². The number of rotatable bonds is 7. The molecule has 4 rings (SSSR count). The van der Waals surface area contributed by atoms with Crippen LogP contribution < -0.4 is 19.5 Å². The fraction of sp³-hybridized carbons (Fsp3) is 0.182. The van der Waals surface area contributed by atoms with Gasteiger partial charge < -0.3 is 19.5 Å². The van der Waals surface area contributed by atoms with Gasteiger partial charge in [-0.1, -0.05) is 23.4 Å². The predicted octanol–water partition coefficient (Wildman–Crippen LogP) is 2.83. The first-order valence-electron chi connectivity index (χ1n) is 9.47. The van der Waals surface area contributed by atoms with E-state index in [1.165, 1.54) is 21.3 Å². The Morgan fingerprint density at radius 2 is 1.74 bits per heavy atom. The maximum Gasteiger partial charge on any atom is 0.253 e. The van der Waals surface area contributed by atoms with Gasteiger partial charge in [0.2, 0.25) is 5.75 Å². The second kappa shape index (κ2) is 8.70. The lowest BCUT2D eigenvalue weighted by molar-refractivity contribution is 0.0927. The summed E-state index contributed by atoms with van der Waals surface area (Å²) in [6.45, 7) is 0. The van der Waals surface area contributed by atoms with Gasteiger partial charge in [-0.15, -0.1) is 5.10 Å². The third kappa shape index (κ3) is 3.85. The minimum atomic E-state index is -0.632. The van der Waals surface area contributed by atoms with Crippen molar-refractivity contribution in [2.24, 2.45) is 0 Å². The second-order valence-electron chi connectivity index (χ2n) is 6.60. The summed E-state index contributed by atoms with van der Waals surface area (Å²) in [4.78, 5) is 17.4. The summed E-state index contributed by atoms with van der Waals surface area (Å²) in [7, 11) is 4.51. The van der Waals surface area contributed by atoms with Crippen molar-refractivity contribution < 1.29 is 19.0 Å². The van der Waals surface area contributed by atoms with Gasteiger partial charge in [0.25, 0.3) is 5.91 Å². The van der Waals surface area contributed by atoms with Crippen LogP contribution >= 0.6 is 0 Å². The molecule has 2 aromatic carbocycles. The molecule has 1 amide bonds. The summed E-state index contributed by atoms with van der Waals surface area (Å²) in [5.41, 5.74) is 2.59. The highest BCUT2D eigenvalue weighted by Crippen LogP contribution is 2.38. The van der Waals surface area contributed by atoms with Crippen LogP contribution in [0.2, 0.25) is 0 Å². The molecule has 0 aliphatic rings. The van der Waals surface area contributed by atoms with E-state index in [2.05, 4.69) is 20.6 Å². The lowest BCUT2D eigenvalue weighted by atomic mass is 10.1.